The van der Waals surface area contributed by atoms with Crippen LogP contribution in [-0.4, -0.2) is 25.2 Å². The number of hydrogen-bond acceptors (Lipinski definition) is 6. The maximum atomic E-state index is 11.0. The van der Waals surface area contributed by atoms with Crippen LogP contribution in [0.4, 0.5) is 0 Å². The van der Waals surface area contributed by atoms with E-state index in [9.17, 15) is 19.8 Å². The molecule has 0 fully saturated rings. The van der Waals surface area contributed by atoms with Crippen LogP contribution in [0.5, 0.6) is 0 Å². The van der Waals surface area contributed by atoms with E-state index in [1.165, 1.54) is 0 Å². The van der Waals surface area contributed by atoms with Crippen LogP contribution in [0, 0.1) is 0 Å². The Morgan fingerprint density at radius 3 is 1.39 bits per heavy atom. The Morgan fingerprint density at radius 2 is 1.17 bits per heavy atom. The third-order valence-corrected chi connectivity index (χ3v) is 1.31. The first-order chi connectivity index (χ1) is 7.51. The summed E-state index contributed by atoms with van der Waals surface area (Å²) in [5.41, 5.74) is 0. The maximum absolute atomic E-state index is 11.0. The van der Waals surface area contributed by atoms with Crippen molar-refractivity contribution in [3.63, 3.8) is 0 Å². The van der Waals surface area contributed by atoms with Crippen LogP contribution >= 0.6 is 0 Å². The van der Waals surface area contributed by atoms with Crippen molar-refractivity contribution in [2.45, 2.75) is 13.8 Å². The molecule has 0 aliphatic heterocycles. The summed E-state index contributed by atoms with van der Waals surface area (Å²) in [4.78, 5) is 21.6. The van der Waals surface area contributed by atoms with Crippen molar-refractivity contribution in [3.05, 3.63) is 23.7 Å². The summed E-state index contributed by atoms with van der Waals surface area (Å²) in [5.74, 6) is -4.07. The van der Waals surface area contributed by atoms with Crippen LogP contribution in [0.15, 0.2) is 23.7 Å². The van der Waals surface area contributed by atoms with E-state index >= 15 is 0 Å². The van der Waals surface area contributed by atoms with Gasteiger partial charge in [-0.25, -0.2) is 9.59 Å². The molecule has 0 unspecified atom stereocenters. The average Bonchev–Trinajstić information content (AvgIpc) is 2.17. The van der Waals surface area contributed by atoms with E-state index in [1.807, 2.05) is 0 Å². The monoisotopic (exact) mass is 274 g/mol. The summed E-state index contributed by atoms with van der Waals surface area (Å²) in [6, 6.07) is 0. The molecule has 0 amide bonds. The van der Waals surface area contributed by atoms with Crippen LogP contribution in [0.1, 0.15) is 13.8 Å². The van der Waals surface area contributed by atoms with E-state index < -0.39 is 23.5 Å². The van der Waals surface area contributed by atoms with Gasteiger partial charge in [-0.15, -0.1) is 11.5 Å². The van der Waals surface area contributed by atoms with Crippen LogP contribution in [0.25, 0.3) is 0 Å². The number of carbonyl (C=O) groups is 2. The predicted molar refractivity (Wildman–Crippen MR) is 49.4 cm³/mol. The molecule has 6 nitrogen and oxygen atoms in total. The van der Waals surface area contributed by atoms with Gasteiger partial charge < -0.3 is 19.7 Å². The van der Waals surface area contributed by atoms with Crippen molar-refractivity contribution in [2.24, 2.45) is 0 Å². The predicted octanol–water partition coefficient (Wildman–Crippen LogP) is -7.39. The minimum atomic E-state index is -1.12. The molecule has 0 spiro atoms. The molecule has 0 saturated heterocycles. The van der Waals surface area contributed by atoms with Gasteiger partial charge in [0, 0.05) is 12.2 Å². The molecular formula is C10H12Na2O6. The van der Waals surface area contributed by atoms with Crippen molar-refractivity contribution in [3.8, 4) is 0 Å². The van der Waals surface area contributed by atoms with E-state index in [1.54, 1.807) is 13.8 Å². The molecule has 18 heavy (non-hydrogen) atoms. The van der Waals surface area contributed by atoms with Crippen molar-refractivity contribution >= 4 is 11.9 Å². The van der Waals surface area contributed by atoms with E-state index in [0.29, 0.717) is 12.2 Å². The van der Waals surface area contributed by atoms with E-state index in [0.717, 1.165) is 0 Å². The molecule has 0 aromatic rings. The largest absolute Gasteiger partial charge is 1.00 e. The molecular weight excluding hydrogens is 262 g/mol. The van der Waals surface area contributed by atoms with Crippen LogP contribution in [0.3, 0.4) is 0 Å². The second-order valence-corrected chi connectivity index (χ2v) is 2.52. The minimum absolute atomic E-state index is 0. The summed E-state index contributed by atoms with van der Waals surface area (Å²) >= 11 is 0. The van der Waals surface area contributed by atoms with Crippen LogP contribution in [0.2, 0.25) is 0 Å². The van der Waals surface area contributed by atoms with E-state index in [4.69, 9.17) is 0 Å². The third-order valence-electron chi connectivity index (χ3n) is 1.31. The molecule has 0 aromatic heterocycles. The summed E-state index contributed by atoms with van der Waals surface area (Å²) in [7, 11) is 0. The van der Waals surface area contributed by atoms with Crippen molar-refractivity contribution in [2.75, 3.05) is 13.2 Å². The molecule has 0 N–H and O–H groups in total. The number of carbonyl (C=O) groups excluding carboxylic acids is 2. The van der Waals surface area contributed by atoms with Gasteiger partial charge in [-0.1, -0.05) is 0 Å². The van der Waals surface area contributed by atoms with Gasteiger partial charge in [-0.3, -0.25) is 0 Å². The molecule has 90 valence electrons. The van der Waals surface area contributed by atoms with E-state index in [-0.39, 0.29) is 72.3 Å². The zero-order valence-electron chi connectivity index (χ0n) is 11.0. The van der Waals surface area contributed by atoms with E-state index in [2.05, 4.69) is 9.47 Å². The zero-order valence-corrected chi connectivity index (χ0v) is 15.0. The summed E-state index contributed by atoms with van der Waals surface area (Å²) < 4.78 is 8.84. The zero-order chi connectivity index (χ0) is 12.6. The SMILES string of the molecule is CCOC(=O)C=C([O-])C([O-])=CC(=O)OCC.[Na+].[Na+]. The fraction of sp³-hybridized carbons (Fsp3) is 0.400. The minimum Gasteiger partial charge on any atom is -0.873 e. The number of hydrogen-bond donors (Lipinski definition) is 0. The van der Waals surface area contributed by atoms with Gasteiger partial charge in [0.2, 0.25) is 0 Å². The van der Waals surface area contributed by atoms with Crippen molar-refractivity contribution in [1.29, 1.82) is 0 Å². The molecule has 0 saturated carbocycles. The molecule has 0 aromatic carbocycles. The Labute approximate surface area is 150 Å². The standard InChI is InChI=1S/C10H14O6.2Na/c1-3-15-9(13)5-7(11)8(12)6-10(14)16-4-2;;/h5-6,11-12H,3-4H2,1-2H3;;/q;2*+1/p-2. The second-order valence-electron chi connectivity index (χ2n) is 2.52. The normalized spacial score (nSPS) is 10.8. The molecule has 0 aliphatic carbocycles. The molecule has 0 aliphatic rings. The summed E-state index contributed by atoms with van der Waals surface area (Å²) in [6.45, 7) is 3.31. The smallest absolute Gasteiger partial charge is 0.873 e. The first kappa shape index (κ1) is 23.1. The fourth-order valence-electron chi connectivity index (χ4n) is 0.724. The van der Waals surface area contributed by atoms with Gasteiger partial charge in [-0.2, -0.15) is 0 Å². The molecule has 8 heteroatoms. The van der Waals surface area contributed by atoms with Gasteiger partial charge in [-0.05, 0) is 13.8 Å². The van der Waals surface area contributed by atoms with Crippen LogP contribution < -0.4 is 69.3 Å². The third kappa shape index (κ3) is 11.1. The Morgan fingerprint density at radius 1 is 0.889 bits per heavy atom. The topological polar surface area (TPSA) is 98.7 Å². The second kappa shape index (κ2) is 13.5. The molecule has 0 bridgehead atoms. The fourth-order valence-corrected chi connectivity index (χ4v) is 0.724. The molecule has 0 radical (unpaired) electrons. The molecule has 0 rings (SSSR count). The Bertz CT molecular complexity index is 292. The number of rotatable bonds is 5. The Balaban J connectivity index is -0.00000112. The summed E-state index contributed by atoms with van der Waals surface area (Å²) in [6.07, 6.45) is 0.975. The van der Waals surface area contributed by atoms with Gasteiger partial charge in [0.05, 0.1) is 13.2 Å². The first-order valence-electron chi connectivity index (χ1n) is 4.62. The number of esters is 2. The Kier molecular flexibility index (Phi) is 17.3. The summed E-state index contributed by atoms with van der Waals surface area (Å²) in [5, 5.41) is 22.0. The molecule has 0 atom stereocenters. The average molecular weight is 274 g/mol. The Hall–Kier alpha value is 0.0200. The first-order valence-corrected chi connectivity index (χ1v) is 4.62. The quantitative estimate of drug-likeness (QED) is 0.162. The van der Waals surface area contributed by atoms with Crippen molar-refractivity contribution in [1.82, 2.24) is 0 Å². The van der Waals surface area contributed by atoms with Gasteiger partial charge in [0.25, 0.3) is 0 Å². The van der Waals surface area contributed by atoms with Crippen LogP contribution in [-0.2, 0) is 19.1 Å². The molecule has 0 heterocycles. The van der Waals surface area contributed by atoms with Gasteiger partial charge in [0.15, 0.2) is 0 Å². The maximum Gasteiger partial charge on any atom is 1.00 e. The van der Waals surface area contributed by atoms with Gasteiger partial charge in [0.1, 0.15) is 0 Å². The van der Waals surface area contributed by atoms with Gasteiger partial charge >= 0.3 is 71.1 Å². The van der Waals surface area contributed by atoms with Crippen molar-refractivity contribution < 1.29 is 88.4 Å². The number of ether oxygens (including phenoxy) is 2.